The summed E-state index contributed by atoms with van der Waals surface area (Å²) in [6.07, 6.45) is 3.68. The number of pyridine rings is 3. The Balaban J connectivity index is 0.982. The number of para-hydroxylation sites is 2. The van der Waals surface area contributed by atoms with E-state index in [0.717, 1.165) is 50.3 Å². The topological polar surface area (TPSA) is 46.8 Å². The molecule has 0 unspecified atom stereocenters. The predicted octanol–water partition coefficient (Wildman–Crippen LogP) is 14.4. The van der Waals surface area contributed by atoms with Crippen LogP contribution in [-0.4, -0.2) is 19.5 Å². The Kier molecular flexibility index (Phi) is 7.72. The van der Waals surface area contributed by atoms with Crippen molar-refractivity contribution in [1.82, 2.24) is 19.5 Å². The van der Waals surface area contributed by atoms with Gasteiger partial charge in [-0.2, -0.15) is 0 Å². The second-order valence-corrected chi connectivity index (χ2v) is 18.4. The van der Waals surface area contributed by atoms with Gasteiger partial charge >= 0.3 is 0 Å². The van der Waals surface area contributed by atoms with Gasteiger partial charge in [0.15, 0.2) is 0 Å². The lowest BCUT2D eigenvalue weighted by Gasteiger charge is -2.42. The van der Waals surface area contributed by atoms with Gasteiger partial charge in [-0.05, 0) is 113 Å². The fourth-order valence-electron chi connectivity index (χ4n) is 10.0. The summed E-state index contributed by atoms with van der Waals surface area (Å²) in [7, 11) is 0. The molecule has 7 heterocycles. The van der Waals surface area contributed by atoms with Gasteiger partial charge in [-0.1, -0.05) is 107 Å². The van der Waals surface area contributed by atoms with Crippen LogP contribution in [0.1, 0.15) is 49.9 Å². The van der Waals surface area contributed by atoms with Gasteiger partial charge in [0.25, 0.3) is 0 Å². The van der Waals surface area contributed by atoms with E-state index < -0.39 is 0 Å². The maximum Gasteiger partial charge on any atom is 0.138 e. The van der Waals surface area contributed by atoms with Crippen LogP contribution < -0.4 is 4.90 Å². The van der Waals surface area contributed by atoms with Crippen molar-refractivity contribution in [1.29, 1.82) is 0 Å². The number of hydrogen-bond acceptors (Lipinski definition) is 5. The smallest absolute Gasteiger partial charge is 0.138 e. The quantitative estimate of drug-likeness (QED) is 0.161. The summed E-state index contributed by atoms with van der Waals surface area (Å²) in [6, 6.07) is 58.8. The average Bonchev–Trinajstić information content (AvgIpc) is 3.93. The number of anilines is 3. The molecular formula is C55H41N5S. The molecule has 6 heteroatoms. The number of aromatic nitrogens is 4. The molecular weight excluding hydrogens is 763 g/mol. The number of fused-ring (bicyclic) bond motifs is 1. The molecule has 5 aromatic heterocycles. The molecule has 0 N–H and O–H groups in total. The lowest BCUT2D eigenvalue weighted by molar-refractivity contribution is 0.594. The van der Waals surface area contributed by atoms with Crippen molar-refractivity contribution in [3.63, 3.8) is 0 Å². The van der Waals surface area contributed by atoms with Crippen LogP contribution in [0.25, 0.3) is 71.0 Å². The first-order chi connectivity index (χ1) is 29.8. The van der Waals surface area contributed by atoms with E-state index in [1.807, 2.05) is 60.1 Å². The molecule has 10 aromatic rings. The zero-order valence-electron chi connectivity index (χ0n) is 34.4. The van der Waals surface area contributed by atoms with Crippen molar-refractivity contribution in [3.05, 3.63) is 198 Å². The van der Waals surface area contributed by atoms with Gasteiger partial charge in [0.05, 0.1) is 38.7 Å². The van der Waals surface area contributed by atoms with E-state index in [1.54, 1.807) is 0 Å². The highest BCUT2D eigenvalue weighted by molar-refractivity contribution is 7.18. The zero-order chi connectivity index (χ0) is 41.0. The van der Waals surface area contributed by atoms with E-state index >= 15 is 0 Å². The van der Waals surface area contributed by atoms with Crippen LogP contribution in [0.5, 0.6) is 0 Å². The molecule has 0 atom stereocenters. The molecule has 0 saturated heterocycles. The Morgan fingerprint density at radius 1 is 0.459 bits per heavy atom. The molecule has 292 valence electrons. The van der Waals surface area contributed by atoms with E-state index in [0.29, 0.717) is 0 Å². The van der Waals surface area contributed by atoms with Crippen molar-refractivity contribution in [2.45, 2.75) is 38.5 Å². The number of hydrogen-bond donors (Lipinski definition) is 0. The molecule has 0 saturated carbocycles. The van der Waals surface area contributed by atoms with Crippen molar-refractivity contribution in [2.24, 2.45) is 0 Å². The molecule has 0 radical (unpaired) electrons. The largest absolute Gasteiger partial charge is 0.308 e. The van der Waals surface area contributed by atoms with E-state index in [4.69, 9.17) is 4.98 Å². The Labute approximate surface area is 359 Å². The fourth-order valence-corrected chi connectivity index (χ4v) is 11.0. The standard InChI is InChI=1S/C55H41N5S/c1-54(2)41-20-11-18-39-40-19-12-21-42-52(40)60(51(39)41)53-43(54)32-36(33-44(53)55(42,3)4)48-26-27-49(61-48)47-24-13-25-50(58-47)59(37-16-9-14-34(30-37)45-22-5-7-28-56-45)38-17-10-15-35(31-38)46-23-6-8-29-57-46/h5-33H,1-4H3. The SMILES string of the molecule is CC1(C)c2cc(-c3ccc(-c4cccc(N(c5cccc(-c6ccccn6)c5)c5cccc(-c6ccccn6)c5)n4)s3)cc3c2-n2c4c1cccc4c1cccc(c12)C3(C)C. The van der Waals surface area contributed by atoms with Crippen LogP contribution in [0.2, 0.25) is 0 Å². The summed E-state index contributed by atoms with van der Waals surface area (Å²) < 4.78 is 2.60. The number of rotatable bonds is 7. The lowest BCUT2D eigenvalue weighted by Crippen LogP contribution is -2.33. The van der Waals surface area contributed by atoms with Crippen molar-refractivity contribution in [2.75, 3.05) is 4.90 Å². The maximum atomic E-state index is 5.43. The normalized spacial score (nSPS) is 14.2. The Morgan fingerprint density at radius 2 is 0.984 bits per heavy atom. The molecule has 2 aliphatic rings. The van der Waals surface area contributed by atoms with Gasteiger partial charge in [-0.25, -0.2) is 4.98 Å². The van der Waals surface area contributed by atoms with Gasteiger partial charge in [0.1, 0.15) is 5.82 Å². The van der Waals surface area contributed by atoms with Gasteiger partial charge in [0, 0.05) is 61.4 Å². The second kappa shape index (κ2) is 13.2. The first-order valence-electron chi connectivity index (χ1n) is 20.9. The van der Waals surface area contributed by atoms with E-state index in [2.05, 4.69) is 175 Å². The summed E-state index contributed by atoms with van der Waals surface area (Å²) >= 11 is 1.81. The van der Waals surface area contributed by atoms with Crippen molar-refractivity contribution >= 4 is 50.3 Å². The summed E-state index contributed by atoms with van der Waals surface area (Å²) in [6.45, 7) is 9.63. The summed E-state index contributed by atoms with van der Waals surface area (Å²) in [4.78, 5) is 19.4. The van der Waals surface area contributed by atoms with Crippen molar-refractivity contribution in [3.8, 4) is 49.2 Å². The highest BCUT2D eigenvalue weighted by atomic mass is 32.1. The molecule has 0 amide bonds. The number of thiophene rings is 1. The summed E-state index contributed by atoms with van der Waals surface area (Å²) in [5, 5.41) is 2.69. The number of benzene rings is 5. The van der Waals surface area contributed by atoms with Crippen LogP contribution in [0, 0.1) is 0 Å². The van der Waals surface area contributed by atoms with Gasteiger partial charge in [-0.3, -0.25) is 14.9 Å². The Bertz CT molecular complexity index is 3200. The molecule has 5 nitrogen and oxygen atoms in total. The van der Waals surface area contributed by atoms with Crippen LogP contribution >= 0.6 is 11.3 Å². The highest BCUT2D eigenvalue weighted by Crippen LogP contribution is 2.56. The Morgan fingerprint density at radius 3 is 1.54 bits per heavy atom. The second-order valence-electron chi connectivity index (χ2n) is 17.3. The lowest BCUT2D eigenvalue weighted by atomic mass is 9.68. The monoisotopic (exact) mass is 803 g/mol. The van der Waals surface area contributed by atoms with Crippen molar-refractivity contribution < 1.29 is 0 Å². The van der Waals surface area contributed by atoms with E-state index in [9.17, 15) is 0 Å². The molecule has 0 spiro atoms. The molecule has 0 bridgehead atoms. The summed E-state index contributed by atoms with van der Waals surface area (Å²) in [5.41, 5.74) is 17.3. The molecule has 5 aromatic carbocycles. The maximum absolute atomic E-state index is 5.43. The molecule has 61 heavy (non-hydrogen) atoms. The third-order valence-corrected chi connectivity index (χ3v) is 14.2. The van der Waals surface area contributed by atoms with Gasteiger partial charge in [0.2, 0.25) is 0 Å². The first-order valence-corrected chi connectivity index (χ1v) is 21.7. The minimum Gasteiger partial charge on any atom is -0.308 e. The van der Waals surface area contributed by atoms with Gasteiger partial charge in [-0.15, -0.1) is 11.3 Å². The van der Waals surface area contributed by atoms with Crippen LogP contribution in [0.3, 0.4) is 0 Å². The first kappa shape index (κ1) is 35.8. The molecule has 2 aliphatic heterocycles. The average molecular weight is 804 g/mol. The third-order valence-electron chi connectivity index (χ3n) is 13.1. The molecule has 12 rings (SSSR count). The minimum atomic E-state index is -0.182. The van der Waals surface area contributed by atoms with E-state index in [1.165, 1.54) is 60.2 Å². The van der Waals surface area contributed by atoms with Crippen LogP contribution in [0.15, 0.2) is 176 Å². The minimum absolute atomic E-state index is 0.182. The zero-order valence-corrected chi connectivity index (χ0v) is 35.2. The molecule has 0 aliphatic carbocycles. The van der Waals surface area contributed by atoms with Crippen LogP contribution in [-0.2, 0) is 10.8 Å². The number of nitrogens with zero attached hydrogens (tertiary/aromatic N) is 5. The van der Waals surface area contributed by atoms with Crippen LogP contribution in [0.4, 0.5) is 17.2 Å². The van der Waals surface area contributed by atoms with Gasteiger partial charge < -0.3 is 4.57 Å². The third kappa shape index (κ3) is 5.35. The molecule has 0 fully saturated rings. The fraction of sp³-hybridized carbons (Fsp3) is 0.109. The predicted molar refractivity (Wildman–Crippen MR) is 253 cm³/mol. The Hall–Kier alpha value is -7.15. The van der Waals surface area contributed by atoms with E-state index in [-0.39, 0.29) is 10.8 Å². The highest BCUT2D eigenvalue weighted by Gasteiger charge is 2.43. The summed E-state index contributed by atoms with van der Waals surface area (Å²) in [5.74, 6) is 0.826.